The summed E-state index contributed by atoms with van der Waals surface area (Å²) in [6.45, 7) is 2.85. The number of aromatic amines is 1. The van der Waals surface area contributed by atoms with Gasteiger partial charge in [0.2, 0.25) is 0 Å². The summed E-state index contributed by atoms with van der Waals surface area (Å²) in [5, 5.41) is 0. The molecule has 0 spiro atoms. The highest BCUT2D eigenvalue weighted by Crippen LogP contribution is 2.32. The average molecular weight is 473 g/mol. The number of H-pyrrole nitrogens is 1. The summed E-state index contributed by atoms with van der Waals surface area (Å²) in [6, 6.07) is 20.2. The Morgan fingerprint density at radius 2 is 1.73 bits per heavy atom. The van der Waals surface area contributed by atoms with E-state index in [0.717, 1.165) is 54.9 Å². The van der Waals surface area contributed by atoms with Crippen LogP contribution in [0.4, 0.5) is 13.2 Å². The number of alkyl halides is 3. The van der Waals surface area contributed by atoms with Crippen LogP contribution in [0, 0.1) is 0 Å². The number of hydrogen-bond acceptors (Lipinski definition) is 3. The lowest BCUT2D eigenvalue weighted by Gasteiger charge is -2.15. The predicted molar refractivity (Wildman–Crippen MR) is 127 cm³/mol. The Morgan fingerprint density at radius 3 is 2.42 bits per heavy atom. The van der Waals surface area contributed by atoms with Gasteiger partial charge in [-0.2, -0.15) is 13.2 Å². The quantitative estimate of drug-likeness (QED) is 0.390. The van der Waals surface area contributed by atoms with Gasteiger partial charge in [0, 0.05) is 31.2 Å². The van der Waals surface area contributed by atoms with Crippen LogP contribution in [0.5, 0.6) is 0 Å². The smallest absolute Gasteiger partial charge is 0.338 e. The van der Waals surface area contributed by atoms with E-state index in [1.54, 1.807) is 0 Å². The summed E-state index contributed by atoms with van der Waals surface area (Å²) >= 11 is 0. The van der Waals surface area contributed by atoms with Crippen molar-refractivity contribution < 1.29 is 13.2 Å². The van der Waals surface area contributed by atoms with E-state index in [1.165, 1.54) is 11.6 Å². The number of hydrogen-bond donors (Lipinski definition) is 2. The summed E-state index contributed by atoms with van der Waals surface area (Å²) in [6.07, 6.45) is -3.34. The minimum atomic E-state index is -4.38. The Hall–Kier alpha value is -2.87. The first kappa shape index (κ1) is 23.3. The van der Waals surface area contributed by atoms with E-state index in [9.17, 15) is 13.2 Å². The number of fused-ring (bicyclic) bond motifs is 1. The van der Waals surface area contributed by atoms with Crippen molar-refractivity contribution in [3.8, 4) is 22.5 Å². The van der Waals surface area contributed by atoms with Gasteiger partial charge < -0.3 is 10.7 Å². The van der Waals surface area contributed by atoms with Gasteiger partial charge in [-0.15, -0.1) is 12.4 Å². The van der Waals surface area contributed by atoms with Gasteiger partial charge in [0.25, 0.3) is 0 Å². The van der Waals surface area contributed by atoms with E-state index < -0.39 is 11.7 Å². The molecule has 2 heterocycles. The maximum Gasteiger partial charge on any atom is 0.416 e. The van der Waals surface area contributed by atoms with E-state index in [-0.39, 0.29) is 18.4 Å². The van der Waals surface area contributed by atoms with E-state index >= 15 is 0 Å². The number of halogens is 4. The fourth-order valence-corrected chi connectivity index (χ4v) is 4.26. The van der Waals surface area contributed by atoms with Gasteiger partial charge in [0.1, 0.15) is 5.82 Å². The van der Waals surface area contributed by atoms with Gasteiger partial charge in [-0.3, -0.25) is 4.90 Å². The highest BCUT2D eigenvalue weighted by molar-refractivity contribution is 5.85. The summed E-state index contributed by atoms with van der Waals surface area (Å²) in [7, 11) is 0. The molecule has 1 aliphatic rings. The van der Waals surface area contributed by atoms with Crippen molar-refractivity contribution in [3.63, 3.8) is 0 Å². The predicted octanol–water partition coefficient (Wildman–Crippen LogP) is 5.87. The Balaban J connectivity index is 0.00000259. The maximum atomic E-state index is 13.0. The van der Waals surface area contributed by atoms with Crippen LogP contribution in [0.15, 0.2) is 66.7 Å². The van der Waals surface area contributed by atoms with Crippen molar-refractivity contribution in [2.45, 2.75) is 25.2 Å². The molecular formula is C25H24ClF3N4. The van der Waals surface area contributed by atoms with Crippen molar-refractivity contribution in [2.24, 2.45) is 5.73 Å². The molecule has 1 fully saturated rings. The van der Waals surface area contributed by atoms with Crippen molar-refractivity contribution in [3.05, 3.63) is 77.9 Å². The molecular weight excluding hydrogens is 449 g/mol. The Morgan fingerprint density at radius 1 is 0.970 bits per heavy atom. The lowest BCUT2D eigenvalue weighted by atomic mass is 10.0. The minimum Gasteiger partial charge on any atom is -0.338 e. The second-order valence-corrected chi connectivity index (χ2v) is 8.38. The van der Waals surface area contributed by atoms with Crippen LogP contribution in [-0.2, 0) is 12.7 Å². The van der Waals surface area contributed by atoms with Crippen molar-refractivity contribution in [1.82, 2.24) is 14.9 Å². The Labute approximate surface area is 196 Å². The van der Waals surface area contributed by atoms with E-state index in [4.69, 9.17) is 5.73 Å². The van der Waals surface area contributed by atoms with Crippen LogP contribution in [0.1, 0.15) is 17.5 Å². The third-order valence-corrected chi connectivity index (χ3v) is 5.94. The number of nitrogens with one attached hydrogen (secondary N) is 1. The lowest BCUT2D eigenvalue weighted by molar-refractivity contribution is -0.137. The Bertz CT molecular complexity index is 1250. The highest BCUT2D eigenvalue weighted by Gasteiger charge is 2.30. The summed E-state index contributed by atoms with van der Waals surface area (Å²) in [5.41, 5.74) is 10.5. The molecule has 1 saturated heterocycles. The first-order valence-corrected chi connectivity index (χ1v) is 10.6. The topological polar surface area (TPSA) is 57.9 Å². The summed E-state index contributed by atoms with van der Waals surface area (Å²) < 4.78 is 38.9. The van der Waals surface area contributed by atoms with Crippen LogP contribution >= 0.6 is 12.4 Å². The van der Waals surface area contributed by atoms with Crippen molar-refractivity contribution in [2.75, 3.05) is 13.1 Å². The molecule has 33 heavy (non-hydrogen) atoms. The van der Waals surface area contributed by atoms with Crippen molar-refractivity contribution >= 4 is 23.4 Å². The summed E-state index contributed by atoms with van der Waals surface area (Å²) in [5.74, 6) is 0.546. The minimum absolute atomic E-state index is 0. The average Bonchev–Trinajstić information content (AvgIpc) is 3.38. The largest absolute Gasteiger partial charge is 0.416 e. The van der Waals surface area contributed by atoms with Gasteiger partial charge in [-0.1, -0.05) is 42.5 Å². The summed E-state index contributed by atoms with van der Waals surface area (Å²) in [4.78, 5) is 9.83. The standard InChI is InChI=1S/C25H23F3N4.ClH/c26-25(27,28)20-8-9-22-23(13-20)31-24(30-22)18-6-4-17(5-7-18)19-3-1-2-16(12-19)14-32-11-10-21(29)15-32;/h1-9,12-13,21H,10-11,14-15,29H2,(H,30,31);1H. The zero-order valence-electron chi connectivity index (χ0n) is 17.8. The monoisotopic (exact) mass is 472 g/mol. The molecule has 8 heteroatoms. The number of likely N-dealkylation sites (tertiary alicyclic amines) is 1. The molecule has 3 aromatic carbocycles. The second-order valence-electron chi connectivity index (χ2n) is 8.38. The fourth-order valence-electron chi connectivity index (χ4n) is 4.26. The molecule has 172 valence electrons. The SMILES string of the molecule is Cl.NC1CCN(Cc2cccc(-c3ccc(-c4nc5ccc(C(F)(F)F)cc5[nH]4)cc3)c2)C1. The molecule has 4 aromatic rings. The Kier molecular flexibility index (Phi) is 6.47. The van der Waals surface area contributed by atoms with Gasteiger partial charge in [-0.05, 0) is 47.4 Å². The molecule has 1 atom stereocenters. The number of benzene rings is 3. The zero-order valence-corrected chi connectivity index (χ0v) is 18.6. The molecule has 0 aliphatic carbocycles. The van der Waals surface area contributed by atoms with Gasteiger partial charge in [0.05, 0.1) is 16.6 Å². The molecule has 3 N–H and O–H groups in total. The maximum absolute atomic E-state index is 13.0. The van der Waals surface area contributed by atoms with Crippen molar-refractivity contribution in [1.29, 1.82) is 0 Å². The van der Waals surface area contributed by atoms with E-state index in [0.29, 0.717) is 16.9 Å². The lowest BCUT2D eigenvalue weighted by Crippen LogP contribution is -2.26. The normalized spacial score (nSPS) is 16.8. The van der Waals surface area contributed by atoms with Crippen LogP contribution in [-0.4, -0.2) is 34.0 Å². The molecule has 1 aromatic heterocycles. The number of aromatic nitrogens is 2. The third kappa shape index (κ3) is 5.05. The van der Waals surface area contributed by atoms with Crippen LogP contribution < -0.4 is 5.73 Å². The number of imidazole rings is 1. The van der Waals surface area contributed by atoms with Gasteiger partial charge >= 0.3 is 6.18 Å². The van der Waals surface area contributed by atoms with Crippen LogP contribution in [0.2, 0.25) is 0 Å². The third-order valence-electron chi connectivity index (χ3n) is 5.94. The van der Waals surface area contributed by atoms with E-state index in [2.05, 4.69) is 39.1 Å². The first-order chi connectivity index (χ1) is 15.3. The zero-order chi connectivity index (χ0) is 22.3. The molecule has 1 aliphatic heterocycles. The van der Waals surface area contributed by atoms with Gasteiger partial charge in [-0.25, -0.2) is 4.98 Å². The van der Waals surface area contributed by atoms with Gasteiger partial charge in [0.15, 0.2) is 0 Å². The fraction of sp³-hybridized carbons (Fsp3) is 0.240. The molecule has 4 nitrogen and oxygen atoms in total. The first-order valence-electron chi connectivity index (χ1n) is 10.6. The molecule has 5 rings (SSSR count). The highest BCUT2D eigenvalue weighted by atomic mass is 35.5. The molecule has 1 unspecified atom stereocenters. The number of rotatable bonds is 4. The molecule has 0 saturated carbocycles. The number of nitrogens with two attached hydrogens (primary N) is 1. The van der Waals surface area contributed by atoms with E-state index in [1.807, 2.05) is 24.3 Å². The molecule has 0 bridgehead atoms. The number of nitrogens with zero attached hydrogens (tertiary/aromatic N) is 2. The molecule has 0 radical (unpaired) electrons. The molecule has 0 amide bonds. The van der Waals surface area contributed by atoms with Crippen LogP contribution in [0.25, 0.3) is 33.5 Å². The van der Waals surface area contributed by atoms with Crippen LogP contribution in [0.3, 0.4) is 0 Å². The second kappa shape index (κ2) is 9.17.